The lowest BCUT2D eigenvalue weighted by atomic mass is 9.97. The predicted molar refractivity (Wildman–Crippen MR) is 104 cm³/mol. The van der Waals surface area contributed by atoms with Crippen molar-refractivity contribution in [3.05, 3.63) is 53.6 Å². The van der Waals surface area contributed by atoms with E-state index in [1.54, 1.807) is 12.1 Å². The van der Waals surface area contributed by atoms with Crippen LogP contribution in [-0.4, -0.2) is 48.5 Å². The Hall–Kier alpha value is -2.92. The van der Waals surface area contributed by atoms with Gasteiger partial charge in [-0.25, -0.2) is 4.98 Å². The molecule has 0 aliphatic heterocycles. The van der Waals surface area contributed by atoms with Gasteiger partial charge in [-0.2, -0.15) is 0 Å². The van der Waals surface area contributed by atoms with E-state index < -0.39 is 0 Å². The highest BCUT2D eigenvalue weighted by atomic mass is 16.3. The van der Waals surface area contributed by atoms with Crippen molar-refractivity contribution in [3.63, 3.8) is 0 Å². The highest BCUT2D eigenvalue weighted by molar-refractivity contribution is 6.05. The molecule has 1 atom stereocenters. The number of carbonyl (C=O) groups is 1. The van der Waals surface area contributed by atoms with Gasteiger partial charge in [0.2, 0.25) is 0 Å². The van der Waals surface area contributed by atoms with Crippen molar-refractivity contribution in [3.8, 4) is 16.9 Å². The van der Waals surface area contributed by atoms with Gasteiger partial charge in [0.15, 0.2) is 0 Å². The Morgan fingerprint density at radius 1 is 1.23 bits per heavy atom. The van der Waals surface area contributed by atoms with Crippen LogP contribution in [0.1, 0.15) is 17.0 Å². The summed E-state index contributed by atoms with van der Waals surface area (Å²) in [7, 11) is 4.03. The maximum absolute atomic E-state index is 12.0. The van der Waals surface area contributed by atoms with Crippen LogP contribution in [0, 0.1) is 0 Å². The number of pyridine rings is 1. The SMILES string of the molecule is CN(C)CCNc1nc2cc(O)ccc2c2c1C(C=O)c1ccccc1-2. The molecule has 2 N–H and O–H groups in total. The van der Waals surface area contributed by atoms with Crippen LogP contribution in [0.5, 0.6) is 5.75 Å². The minimum Gasteiger partial charge on any atom is -0.508 e. The van der Waals surface area contributed by atoms with Crippen molar-refractivity contribution in [2.75, 3.05) is 32.5 Å². The molecule has 1 aliphatic carbocycles. The summed E-state index contributed by atoms with van der Waals surface area (Å²) in [5.74, 6) is 0.574. The molecule has 3 aromatic rings. The first-order valence-electron chi connectivity index (χ1n) is 8.70. The minimum atomic E-state index is -0.325. The molecule has 0 fully saturated rings. The number of phenols is 1. The van der Waals surface area contributed by atoms with Crippen LogP contribution in [0.4, 0.5) is 5.82 Å². The van der Waals surface area contributed by atoms with E-state index in [-0.39, 0.29) is 11.7 Å². The summed E-state index contributed by atoms with van der Waals surface area (Å²) in [6.45, 7) is 1.58. The van der Waals surface area contributed by atoms with E-state index in [4.69, 9.17) is 4.98 Å². The number of aldehydes is 1. The maximum atomic E-state index is 12.0. The Kier molecular flexibility index (Phi) is 4.09. The molecule has 132 valence electrons. The molecule has 1 aliphatic rings. The van der Waals surface area contributed by atoms with Crippen LogP contribution in [0.15, 0.2) is 42.5 Å². The predicted octanol–water partition coefficient (Wildman–Crippen LogP) is 3.23. The number of phenolic OH excluding ortho intramolecular Hbond substituents is 1. The largest absolute Gasteiger partial charge is 0.508 e. The Labute approximate surface area is 152 Å². The second kappa shape index (κ2) is 6.42. The summed E-state index contributed by atoms with van der Waals surface area (Å²) in [5, 5.41) is 14.2. The molecule has 5 nitrogen and oxygen atoms in total. The molecular weight excluding hydrogens is 326 g/mol. The lowest BCUT2D eigenvalue weighted by molar-refractivity contribution is -0.108. The number of carbonyl (C=O) groups excluding carboxylic acids is 1. The third kappa shape index (κ3) is 2.61. The zero-order valence-electron chi connectivity index (χ0n) is 14.9. The van der Waals surface area contributed by atoms with E-state index >= 15 is 0 Å². The topological polar surface area (TPSA) is 65.5 Å². The highest BCUT2D eigenvalue weighted by Gasteiger charge is 2.33. The zero-order valence-corrected chi connectivity index (χ0v) is 14.9. The van der Waals surface area contributed by atoms with Gasteiger partial charge in [0.25, 0.3) is 0 Å². The summed E-state index contributed by atoms with van der Waals surface area (Å²) < 4.78 is 0. The molecule has 1 aromatic heterocycles. The fourth-order valence-electron chi connectivity index (χ4n) is 3.69. The van der Waals surface area contributed by atoms with Gasteiger partial charge >= 0.3 is 0 Å². The minimum absolute atomic E-state index is 0.183. The summed E-state index contributed by atoms with van der Waals surface area (Å²) in [5.41, 5.74) is 4.76. The number of aromatic nitrogens is 1. The van der Waals surface area contributed by atoms with Gasteiger partial charge in [0.1, 0.15) is 17.9 Å². The summed E-state index contributed by atoms with van der Waals surface area (Å²) in [6.07, 6.45) is 0.996. The van der Waals surface area contributed by atoms with E-state index in [2.05, 4.69) is 10.2 Å². The first-order valence-corrected chi connectivity index (χ1v) is 8.70. The van der Waals surface area contributed by atoms with Crippen molar-refractivity contribution in [2.45, 2.75) is 5.92 Å². The summed E-state index contributed by atoms with van der Waals surface area (Å²) in [4.78, 5) is 18.8. The molecule has 26 heavy (non-hydrogen) atoms. The van der Waals surface area contributed by atoms with Crippen molar-refractivity contribution in [1.29, 1.82) is 0 Å². The summed E-state index contributed by atoms with van der Waals surface area (Å²) in [6, 6.07) is 13.2. The number of hydrogen-bond acceptors (Lipinski definition) is 5. The van der Waals surface area contributed by atoms with Crippen molar-refractivity contribution < 1.29 is 9.90 Å². The molecule has 5 heteroatoms. The first kappa shape index (κ1) is 16.5. The van der Waals surface area contributed by atoms with Gasteiger partial charge in [0, 0.05) is 30.1 Å². The number of fused-ring (bicyclic) bond motifs is 5. The summed E-state index contributed by atoms with van der Waals surface area (Å²) >= 11 is 0. The smallest absolute Gasteiger partial charge is 0.132 e. The van der Waals surface area contributed by atoms with Crippen LogP contribution in [0.2, 0.25) is 0 Å². The third-order valence-electron chi connectivity index (χ3n) is 4.87. The van der Waals surface area contributed by atoms with Gasteiger partial charge in [-0.1, -0.05) is 24.3 Å². The molecule has 0 amide bonds. The van der Waals surface area contributed by atoms with Crippen LogP contribution < -0.4 is 5.32 Å². The Balaban J connectivity index is 1.96. The number of aromatic hydroxyl groups is 1. The molecule has 0 radical (unpaired) electrons. The van der Waals surface area contributed by atoms with Gasteiger partial charge in [0.05, 0.1) is 11.4 Å². The van der Waals surface area contributed by atoms with Crippen molar-refractivity contribution in [2.24, 2.45) is 0 Å². The molecule has 0 spiro atoms. The van der Waals surface area contributed by atoms with Crippen molar-refractivity contribution >= 4 is 23.0 Å². The van der Waals surface area contributed by atoms with Gasteiger partial charge in [-0.05, 0) is 42.9 Å². The molecule has 4 rings (SSSR count). The van der Waals surface area contributed by atoms with E-state index in [9.17, 15) is 9.90 Å². The Morgan fingerprint density at radius 2 is 2.04 bits per heavy atom. The number of rotatable bonds is 5. The standard InChI is InChI=1S/C21H21N3O2/c1-24(2)10-9-22-21-20-17(12-25)14-5-3-4-6-15(14)19(20)16-8-7-13(26)11-18(16)23-21/h3-8,11-12,17,26H,9-10H2,1-2H3,(H,22,23). The fraction of sp³-hybridized carbons (Fsp3) is 0.238. The Bertz CT molecular complexity index is 998. The quantitative estimate of drug-likeness (QED) is 0.694. The first-order chi connectivity index (χ1) is 12.6. The molecule has 0 saturated heterocycles. The fourth-order valence-corrected chi connectivity index (χ4v) is 3.69. The van der Waals surface area contributed by atoms with Crippen LogP contribution in [0.3, 0.4) is 0 Å². The van der Waals surface area contributed by atoms with Gasteiger partial charge in [-0.3, -0.25) is 0 Å². The normalized spacial score (nSPS) is 15.1. The monoisotopic (exact) mass is 347 g/mol. The molecule has 0 saturated carbocycles. The lowest BCUT2D eigenvalue weighted by Gasteiger charge is -2.17. The molecule has 1 heterocycles. The van der Waals surface area contributed by atoms with Crippen molar-refractivity contribution in [1.82, 2.24) is 9.88 Å². The molecule has 2 aromatic carbocycles. The molecule has 1 unspecified atom stereocenters. The van der Waals surface area contributed by atoms with Crippen LogP contribution in [0.25, 0.3) is 22.0 Å². The van der Waals surface area contributed by atoms with E-state index in [1.807, 2.05) is 44.4 Å². The molecule has 0 bridgehead atoms. The second-order valence-electron chi connectivity index (χ2n) is 6.88. The average Bonchev–Trinajstić information content (AvgIpc) is 2.96. The second-order valence-corrected chi connectivity index (χ2v) is 6.88. The number of hydrogen-bond donors (Lipinski definition) is 2. The van der Waals surface area contributed by atoms with E-state index in [0.717, 1.165) is 52.5 Å². The number of nitrogens with one attached hydrogen (secondary N) is 1. The maximum Gasteiger partial charge on any atom is 0.132 e. The number of anilines is 1. The average molecular weight is 347 g/mol. The van der Waals surface area contributed by atoms with Gasteiger partial charge in [-0.15, -0.1) is 0 Å². The van der Waals surface area contributed by atoms with E-state index in [1.165, 1.54) is 0 Å². The highest BCUT2D eigenvalue weighted by Crippen LogP contribution is 2.49. The molecular formula is C21H21N3O2. The number of likely N-dealkylation sites (N-methyl/N-ethyl adjacent to an activating group) is 1. The number of nitrogens with zero attached hydrogens (tertiary/aromatic N) is 2. The number of benzene rings is 2. The Morgan fingerprint density at radius 3 is 2.81 bits per heavy atom. The van der Waals surface area contributed by atoms with Crippen LogP contribution in [-0.2, 0) is 4.79 Å². The zero-order chi connectivity index (χ0) is 18.3. The van der Waals surface area contributed by atoms with Crippen LogP contribution >= 0.6 is 0 Å². The third-order valence-corrected chi connectivity index (χ3v) is 4.87. The van der Waals surface area contributed by atoms with Gasteiger partial charge < -0.3 is 20.1 Å². The van der Waals surface area contributed by atoms with E-state index in [0.29, 0.717) is 5.82 Å². The lowest BCUT2D eigenvalue weighted by Crippen LogP contribution is -2.22.